The van der Waals surface area contributed by atoms with E-state index in [2.05, 4.69) is 15.5 Å². The van der Waals surface area contributed by atoms with E-state index in [0.29, 0.717) is 25.1 Å². The molecule has 0 saturated carbocycles. The molecule has 0 saturated heterocycles. The van der Waals surface area contributed by atoms with E-state index in [1.54, 1.807) is 6.92 Å². The third-order valence-corrected chi connectivity index (χ3v) is 3.07. The molecule has 8 heteroatoms. The SMILES string of the molecule is CCCc1[nH]nc(C(=O)NCC(C)CC(C)O)c1[N+](=O)[O-]. The van der Waals surface area contributed by atoms with Gasteiger partial charge in [0.25, 0.3) is 5.91 Å². The number of aromatic nitrogens is 2. The summed E-state index contributed by atoms with van der Waals surface area (Å²) < 4.78 is 0. The fourth-order valence-electron chi connectivity index (χ4n) is 2.17. The third-order valence-electron chi connectivity index (χ3n) is 3.07. The van der Waals surface area contributed by atoms with Crippen LogP contribution in [0, 0.1) is 16.0 Å². The molecule has 1 rings (SSSR count). The first-order chi connectivity index (χ1) is 9.86. The highest BCUT2D eigenvalue weighted by Crippen LogP contribution is 2.22. The second-order valence-corrected chi connectivity index (χ2v) is 5.31. The summed E-state index contributed by atoms with van der Waals surface area (Å²) in [5, 5.41) is 29.3. The molecule has 0 bridgehead atoms. The Labute approximate surface area is 123 Å². The lowest BCUT2D eigenvalue weighted by molar-refractivity contribution is -0.385. The molecule has 1 amide bonds. The Kier molecular flexibility index (Phi) is 6.29. The van der Waals surface area contributed by atoms with Crippen LogP contribution >= 0.6 is 0 Å². The van der Waals surface area contributed by atoms with Gasteiger partial charge in [-0.25, -0.2) is 0 Å². The number of carbonyl (C=O) groups is 1. The number of amides is 1. The summed E-state index contributed by atoms with van der Waals surface area (Å²) in [5.41, 5.74) is -0.0742. The monoisotopic (exact) mass is 298 g/mol. The number of carbonyl (C=O) groups excluding carboxylic acids is 1. The molecule has 0 radical (unpaired) electrons. The lowest BCUT2D eigenvalue weighted by Gasteiger charge is -2.13. The molecule has 1 aromatic rings. The first-order valence-electron chi connectivity index (χ1n) is 7.04. The van der Waals surface area contributed by atoms with E-state index in [1.807, 2.05) is 13.8 Å². The van der Waals surface area contributed by atoms with Gasteiger partial charge in [0.2, 0.25) is 5.69 Å². The lowest BCUT2D eigenvalue weighted by atomic mass is 10.0. The maximum absolute atomic E-state index is 12.0. The number of hydrogen-bond donors (Lipinski definition) is 3. The van der Waals surface area contributed by atoms with Gasteiger partial charge in [0.05, 0.1) is 11.0 Å². The van der Waals surface area contributed by atoms with Crippen LogP contribution in [0.3, 0.4) is 0 Å². The molecular formula is C13H22N4O4. The average Bonchev–Trinajstić information content (AvgIpc) is 2.79. The quantitative estimate of drug-likeness (QED) is 0.495. The maximum Gasteiger partial charge on any atom is 0.322 e. The highest BCUT2D eigenvalue weighted by Gasteiger charge is 2.28. The number of nitrogens with one attached hydrogen (secondary N) is 2. The number of hydrogen-bond acceptors (Lipinski definition) is 5. The van der Waals surface area contributed by atoms with Gasteiger partial charge < -0.3 is 10.4 Å². The lowest BCUT2D eigenvalue weighted by Crippen LogP contribution is -2.30. The zero-order valence-electron chi connectivity index (χ0n) is 12.5. The van der Waals surface area contributed by atoms with Crippen LogP contribution in [-0.4, -0.2) is 38.8 Å². The van der Waals surface area contributed by atoms with E-state index in [9.17, 15) is 20.0 Å². The molecule has 118 valence electrons. The topological polar surface area (TPSA) is 121 Å². The normalized spacial score (nSPS) is 13.7. The highest BCUT2D eigenvalue weighted by molar-refractivity contribution is 5.96. The van der Waals surface area contributed by atoms with E-state index in [4.69, 9.17) is 0 Å². The van der Waals surface area contributed by atoms with Crippen molar-refractivity contribution in [3.05, 3.63) is 21.5 Å². The van der Waals surface area contributed by atoms with Crippen molar-refractivity contribution in [1.29, 1.82) is 0 Å². The van der Waals surface area contributed by atoms with Crippen LogP contribution in [-0.2, 0) is 6.42 Å². The Hall–Kier alpha value is -1.96. The van der Waals surface area contributed by atoms with Gasteiger partial charge in [-0.15, -0.1) is 0 Å². The fraction of sp³-hybridized carbons (Fsp3) is 0.692. The van der Waals surface area contributed by atoms with Crippen molar-refractivity contribution in [3.63, 3.8) is 0 Å². The molecule has 0 aliphatic rings. The second-order valence-electron chi connectivity index (χ2n) is 5.31. The first kappa shape index (κ1) is 17.1. The molecule has 1 aromatic heterocycles. The van der Waals surface area contributed by atoms with Crippen LogP contribution < -0.4 is 5.32 Å². The van der Waals surface area contributed by atoms with E-state index >= 15 is 0 Å². The zero-order valence-corrected chi connectivity index (χ0v) is 12.5. The first-order valence-corrected chi connectivity index (χ1v) is 7.04. The minimum absolute atomic E-state index is 0.0714. The Morgan fingerprint density at radius 3 is 2.71 bits per heavy atom. The van der Waals surface area contributed by atoms with E-state index in [1.165, 1.54) is 0 Å². The summed E-state index contributed by atoms with van der Waals surface area (Å²) in [4.78, 5) is 22.5. The number of nitrogens with zero attached hydrogens (tertiary/aromatic N) is 2. The Morgan fingerprint density at radius 1 is 1.52 bits per heavy atom. The van der Waals surface area contributed by atoms with Crippen molar-refractivity contribution in [1.82, 2.24) is 15.5 Å². The molecule has 0 aromatic carbocycles. The molecule has 0 fully saturated rings. The highest BCUT2D eigenvalue weighted by atomic mass is 16.6. The fourth-order valence-corrected chi connectivity index (χ4v) is 2.17. The van der Waals surface area contributed by atoms with E-state index in [-0.39, 0.29) is 17.3 Å². The summed E-state index contributed by atoms with van der Waals surface area (Å²) in [6, 6.07) is 0. The van der Waals surface area contributed by atoms with Crippen LogP contribution in [0.5, 0.6) is 0 Å². The van der Waals surface area contributed by atoms with Crippen LogP contribution in [0.2, 0.25) is 0 Å². The molecule has 8 nitrogen and oxygen atoms in total. The van der Waals surface area contributed by atoms with Gasteiger partial charge in [-0.05, 0) is 25.7 Å². The smallest absolute Gasteiger partial charge is 0.322 e. The largest absolute Gasteiger partial charge is 0.393 e. The molecule has 0 aliphatic carbocycles. The molecule has 0 aliphatic heterocycles. The number of aliphatic hydroxyl groups is 1. The number of aromatic amines is 1. The average molecular weight is 298 g/mol. The molecule has 3 N–H and O–H groups in total. The second kappa shape index (κ2) is 7.72. The van der Waals surface area contributed by atoms with Gasteiger partial charge in [-0.2, -0.15) is 5.10 Å². The van der Waals surface area contributed by atoms with Gasteiger partial charge in [-0.3, -0.25) is 20.0 Å². The molecular weight excluding hydrogens is 276 g/mol. The van der Waals surface area contributed by atoms with Crippen molar-refractivity contribution < 1.29 is 14.8 Å². The zero-order chi connectivity index (χ0) is 16.0. The number of aliphatic hydroxyl groups excluding tert-OH is 1. The number of nitro groups is 1. The van der Waals surface area contributed by atoms with Gasteiger partial charge >= 0.3 is 5.69 Å². The van der Waals surface area contributed by atoms with Crippen LogP contribution in [0.15, 0.2) is 0 Å². The van der Waals surface area contributed by atoms with Crippen LogP contribution in [0.4, 0.5) is 5.69 Å². The minimum Gasteiger partial charge on any atom is -0.393 e. The van der Waals surface area contributed by atoms with E-state index in [0.717, 1.165) is 6.42 Å². The predicted molar refractivity (Wildman–Crippen MR) is 77.0 cm³/mol. The van der Waals surface area contributed by atoms with E-state index < -0.39 is 16.9 Å². The molecule has 2 atom stereocenters. The molecule has 21 heavy (non-hydrogen) atoms. The Balaban J connectivity index is 2.76. The van der Waals surface area contributed by atoms with Crippen LogP contribution in [0.25, 0.3) is 0 Å². The summed E-state index contributed by atoms with van der Waals surface area (Å²) in [5.74, 6) is -0.500. The third kappa shape index (κ3) is 4.82. The summed E-state index contributed by atoms with van der Waals surface area (Å²) in [6.45, 7) is 5.78. The summed E-state index contributed by atoms with van der Waals surface area (Å²) in [6.07, 6.45) is 1.28. The Morgan fingerprint density at radius 2 is 2.19 bits per heavy atom. The van der Waals surface area contributed by atoms with Crippen molar-refractivity contribution >= 4 is 11.6 Å². The number of rotatable bonds is 8. The number of H-pyrrole nitrogens is 1. The summed E-state index contributed by atoms with van der Waals surface area (Å²) in [7, 11) is 0. The molecule has 1 heterocycles. The van der Waals surface area contributed by atoms with Gasteiger partial charge in [0, 0.05) is 6.54 Å². The van der Waals surface area contributed by atoms with Crippen molar-refractivity contribution in [2.45, 2.75) is 46.1 Å². The standard InChI is InChI=1S/C13H22N4O4/c1-4-5-10-12(17(20)21)11(16-15-10)13(19)14-7-8(2)6-9(3)18/h8-9,18H,4-7H2,1-3H3,(H,14,19)(H,15,16). The van der Waals surface area contributed by atoms with Crippen LogP contribution in [0.1, 0.15) is 49.8 Å². The number of aryl methyl sites for hydroxylation is 1. The molecule has 0 spiro atoms. The summed E-state index contributed by atoms with van der Waals surface area (Å²) >= 11 is 0. The van der Waals surface area contributed by atoms with Crippen molar-refractivity contribution in [2.24, 2.45) is 5.92 Å². The molecule has 2 unspecified atom stereocenters. The van der Waals surface area contributed by atoms with Gasteiger partial charge in [0.1, 0.15) is 5.69 Å². The van der Waals surface area contributed by atoms with Gasteiger partial charge in [-0.1, -0.05) is 20.3 Å². The predicted octanol–water partition coefficient (Wildman–Crippen LogP) is 1.41. The van der Waals surface area contributed by atoms with Crippen molar-refractivity contribution in [2.75, 3.05) is 6.54 Å². The Bertz CT molecular complexity index is 498. The minimum atomic E-state index is -0.581. The van der Waals surface area contributed by atoms with Crippen molar-refractivity contribution in [3.8, 4) is 0 Å². The maximum atomic E-state index is 12.0. The van der Waals surface area contributed by atoms with Gasteiger partial charge in [0.15, 0.2) is 0 Å².